The molecule has 16 heavy (non-hydrogen) atoms. The minimum Gasteiger partial charge on any atom is -0.316 e. The highest BCUT2D eigenvalue weighted by atomic mass is 32.2. The summed E-state index contributed by atoms with van der Waals surface area (Å²) in [7, 11) is -3.27. The van der Waals surface area contributed by atoms with Crippen molar-refractivity contribution >= 4 is 15.7 Å². The standard InChI is InChI=1S/C10H17N3O2S/c1-3-11-6-7-16(14,15)13-10-4-5-12-8-9(10)2/h4-5,8,11H,3,6-7H2,1-2H3,(H,12,13). The van der Waals surface area contributed by atoms with E-state index in [9.17, 15) is 8.42 Å². The maximum atomic E-state index is 11.7. The van der Waals surface area contributed by atoms with Crippen molar-refractivity contribution in [2.45, 2.75) is 13.8 Å². The summed E-state index contributed by atoms with van der Waals surface area (Å²) in [6.07, 6.45) is 3.19. The normalized spacial score (nSPS) is 11.4. The Kier molecular flexibility index (Phi) is 4.70. The Morgan fingerprint density at radius 3 is 2.81 bits per heavy atom. The van der Waals surface area contributed by atoms with Crippen LogP contribution in [0.15, 0.2) is 18.5 Å². The molecule has 0 unspecified atom stereocenters. The van der Waals surface area contributed by atoms with Gasteiger partial charge in [0.05, 0.1) is 11.4 Å². The summed E-state index contributed by atoms with van der Waals surface area (Å²) in [5.41, 5.74) is 1.40. The molecule has 1 aromatic rings. The molecule has 0 aliphatic heterocycles. The van der Waals surface area contributed by atoms with Crippen LogP contribution in [0.2, 0.25) is 0 Å². The summed E-state index contributed by atoms with van der Waals surface area (Å²) in [5, 5.41) is 2.97. The molecule has 0 amide bonds. The number of sulfonamides is 1. The van der Waals surface area contributed by atoms with Gasteiger partial charge in [0.1, 0.15) is 0 Å². The topological polar surface area (TPSA) is 71.1 Å². The molecule has 5 nitrogen and oxygen atoms in total. The van der Waals surface area contributed by atoms with E-state index in [2.05, 4.69) is 15.0 Å². The van der Waals surface area contributed by atoms with Gasteiger partial charge in [0.25, 0.3) is 0 Å². The third kappa shape index (κ3) is 4.16. The number of rotatable bonds is 6. The van der Waals surface area contributed by atoms with Crippen molar-refractivity contribution in [1.29, 1.82) is 0 Å². The fourth-order valence-electron chi connectivity index (χ4n) is 1.19. The Labute approximate surface area is 96.3 Å². The highest BCUT2D eigenvalue weighted by molar-refractivity contribution is 7.92. The molecular weight excluding hydrogens is 226 g/mol. The Hall–Kier alpha value is -1.14. The minimum atomic E-state index is -3.27. The molecular formula is C10H17N3O2S. The van der Waals surface area contributed by atoms with Crippen molar-refractivity contribution in [3.05, 3.63) is 24.0 Å². The van der Waals surface area contributed by atoms with Crippen LogP contribution in [0.5, 0.6) is 0 Å². The summed E-state index contributed by atoms with van der Waals surface area (Å²) in [4.78, 5) is 3.90. The molecule has 1 aromatic heterocycles. The first-order valence-electron chi connectivity index (χ1n) is 5.17. The first kappa shape index (κ1) is 12.9. The van der Waals surface area contributed by atoms with E-state index in [1.165, 1.54) is 0 Å². The van der Waals surface area contributed by atoms with Crippen molar-refractivity contribution in [2.75, 3.05) is 23.6 Å². The average Bonchev–Trinajstić information content (AvgIpc) is 2.21. The van der Waals surface area contributed by atoms with Gasteiger partial charge in [0.2, 0.25) is 10.0 Å². The van der Waals surface area contributed by atoms with E-state index >= 15 is 0 Å². The van der Waals surface area contributed by atoms with Gasteiger partial charge in [-0.3, -0.25) is 9.71 Å². The second-order valence-electron chi connectivity index (χ2n) is 3.47. The van der Waals surface area contributed by atoms with Crippen LogP contribution in [0.1, 0.15) is 12.5 Å². The maximum Gasteiger partial charge on any atom is 0.233 e. The molecule has 0 saturated carbocycles. The summed E-state index contributed by atoms with van der Waals surface area (Å²) < 4.78 is 25.8. The Bertz CT molecular complexity index is 431. The molecule has 0 fully saturated rings. The molecule has 0 aliphatic rings. The van der Waals surface area contributed by atoms with Crippen LogP contribution >= 0.6 is 0 Å². The van der Waals surface area contributed by atoms with Gasteiger partial charge in [-0.1, -0.05) is 6.92 Å². The number of nitrogens with zero attached hydrogens (tertiary/aromatic N) is 1. The van der Waals surface area contributed by atoms with E-state index in [1.807, 2.05) is 13.8 Å². The lowest BCUT2D eigenvalue weighted by Gasteiger charge is -2.09. The Balaban J connectivity index is 2.63. The summed E-state index contributed by atoms with van der Waals surface area (Å²) in [5.74, 6) is 0.0720. The molecule has 0 atom stereocenters. The van der Waals surface area contributed by atoms with Crippen LogP contribution in [-0.4, -0.2) is 32.2 Å². The van der Waals surface area contributed by atoms with E-state index in [0.29, 0.717) is 12.2 Å². The number of hydrogen-bond acceptors (Lipinski definition) is 4. The third-order valence-corrected chi connectivity index (χ3v) is 3.36. The van der Waals surface area contributed by atoms with Gasteiger partial charge >= 0.3 is 0 Å². The monoisotopic (exact) mass is 243 g/mol. The lowest BCUT2D eigenvalue weighted by Crippen LogP contribution is -2.26. The summed E-state index contributed by atoms with van der Waals surface area (Å²) in [6, 6.07) is 1.65. The second-order valence-corrected chi connectivity index (χ2v) is 5.31. The SMILES string of the molecule is CCNCCS(=O)(=O)Nc1ccncc1C. The summed E-state index contributed by atoms with van der Waals surface area (Å²) in [6.45, 7) is 4.97. The Morgan fingerprint density at radius 1 is 1.44 bits per heavy atom. The van der Waals surface area contributed by atoms with Crippen LogP contribution < -0.4 is 10.0 Å². The van der Waals surface area contributed by atoms with E-state index < -0.39 is 10.0 Å². The average molecular weight is 243 g/mol. The zero-order valence-electron chi connectivity index (χ0n) is 9.53. The molecule has 0 aromatic carbocycles. The molecule has 6 heteroatoms. The third-order valence-electron chi connectivity index (χ3n) is 2.08. The van der Waals surface area contributed by atoms with Crippen LogP contribution in [-0.2, 0) is 10.0 Å². The number of aryl methyl sites for hydroxylation is 1. The van der Waals surface area contributed by atoms with E-state index in [4.69, 9.17) is 0 Å². The maximum absolute atomic E-state index is 11.7. The quantitative estimate of drug-likeness (QED) is 0.723. The lowest BCUT2D eigenvalue weighted by molar-refractivity contribution is 0.597. The van der Waals surface area contributed by atoms with Crippen LogP contribution in [0.4, 0.5) is 5.69 Å². The van der Waals surface area contributed by atoms with Crippen molar-refractivity contribution in [1.82, 2.24) is 10.3 Å². The number of anilines is 1. The molecule has 1 rings (SSSR count). The van der Waals surface area contributed by atoms with Gasteiger partial charge in [-0.05, 0) is 25.1 Å². The van der Waals surface area contributed by atoms with Gasteiger partial charge in [-0.2, -0.15) is 0 Å². The molecule has 2 N–H and O–H groups in total. The van der Waals surface area contributed by atoms with E-state index in [-0.39, 0.29) is 5.75 Å². The van der Waals surface area contributed by atoms with Gasteiger partial charge in [-0.15, -0.1) is 0 Å². The van der Waals surface area contributed by atoms with Gasteiger partial charge in [0.15, 0.2) is 0 Å². The highest BCUT2D eigenvalue weighted by Gasteiger charge is 2.10. The van der Waals surface area contributed by atoms with Gasteiger partial charge < -0.3 is 5.32 Å². The van der Waals surface area contributed by atoms with Crippen LogP contribution in [0.3, 0.4) is 0 Å². The van der Waals surface area contributed by atoms with Crippen molar-refractivity contribution in [2.24, 2.45) is 0 Å². The Morgan fingerprint density at radius 2 is 2.19 bits per heavy atom. The molecule has 0 aliphatic carbocycles. The van der Waals surface area contributed by atoms with Crippen molar-refractivity contribution < 1.29 is 8.42 Å². The smallest absolute Gasteiger partial charge is 0.233 e. The predicted octanol–water partition coefficient (Wildman–Crippen LogP) is 0.741. The zero-order valence-corrected chi connectivity index (χ0v) is 10.3. The largest absolute Gasteiger partial charge is 0.316 e. The molecule has 1 heterocycles. The first-order chi connectivity index (χ1) is 7.55. The number of hydrogen-bond donors (Lipinski definition) is 2. The fraction of sp³-hybridized carbons (Fsp3) is 0.500. The molecule has 0 saturated heterocycles. The van der Waals surface area contributed by atoms with E-state index in [0.717, 1.165) is 12.1 Å². The second kappa shape index (κ2) is 5.81. The van der Waals surface area contributed by atoms with Crippen molar-refractivity contribution in [3.63, 3.8) is 0 Å². The number of aromatic nitrogens is 1. The lowest BCUT2D eigenvalue weighted by atomic mass is 10.3. The zero-order chi connectivity index (χ0) is 12.0. The number of pyridine rings is 1. The van der Waals surface area contributed by atoms with Crippen LogP contribution in [0, 0.1) is 6.92 Å². The molecule has 0 radical (unpaired) electrons. The molecule has 90 valence electrons. The predicted molar refractivity (Wildman–Crippen MR) is 64.9 cm³/mol. The summed E-state index contributed by atoms with van der Waals surface area (Å²) >= 11 is 0. The van der Waals surface area contributed by atoms with Crippen LogP contribution in [0.25, 0.3) is 0 Å². The molecule has 0 spiro atoms. The highest BCUT2D eigenvalue weighted by Crippen LogP contribution is 2.13. The van der Waals surface area contributed by atoms with Gasteiger partial charge in [-0.25, -0.2) is 8.42 Å². The molecule has 0 bridgehead atoms. The first-order valence-corrected chi connectivity index (χ1v) is 6.82. The van der Waals surface area contributed by atoms with E-state index in [1.54, 1.807) is 18.5 Å². The van der Waals surface area contributed by atoms with Gasteiger partial charge in [0, 0.05) is 18.9 Å². The minimum absolute atomic E-state index is 0.0720. The number of nitrogens with one attached hydrogen (secondary N) is 2. The van der Waals surface area contributed by atoms with Crippen molar-refractivity contribution in [3.8, 4) is 0 Å². The fourth-order valence-corrected chi connectivity index (χ4v) is 2.27.